The summed E-state index contributed by atoms with van der Waals surface area (Å²) in [6.07, 6.45) is -3.73. The van der Waals surface area contributed by atoms with E-state index in [1.807, 2.05) is 6.92 Å². The van der Waals surface area contributed by atoms with Crippen molar-refractivity contribution in [1.29, 1.82) is 0 Å². The van der Waals surface area contributed by atoms with Crippen molar-refractivity contribution >= 4 is 5.91 Å². The highest BCUT2D eigenvalue weighted by atomic mass is 19.4. The maximum absolute atomic E-state index is 12.5. The summed E-state index contributed by atoms with van der Waals surface area (Å²) in [5.41, 5.74) is -0.381. The number of benzene rings is 1. The molecule has 134 valence electrons. The number of ether oxygens (including phenoxy) is 1. The molecule has 1 heterocycles. The lowest BCUT2D eigenvalue weighted by atomic mass is 10.2. The van der Waals surface area contributed by atoms with Crippen molar-refractivity contribution in [3.63, 3.8) is 0 Å². The molecule has 0 saturated heterocycles. The quantitative estimate of drug-likeness (QED) is 0.750. The van der Waals surface area contributed by atoms with Gasteiger partial charge >= 0.3 is 6.18 Å². The number of carbonyl (C=O) groups excluding carboxylic acids is 1. The number of nitrogens with one attached hydrogen (secondary N) is 2. The highest BCUT2D eigenvalue weighted by molar-refractivity contribution is 5.94. The molecule has 0 aliphatic rings. The Labute approximate surface area is 143 Å². The first-order chi connectivity index (χ1) is 11.9. The molecule has 2 N–H and O–H groups in total. The third kappa shape index (κ3) is 5.75. The van der Waals surface area contributed by atoms with Crippen molar-refractivity contribution in [1.82, 2.24) is 15.6 Å². The Bertz CT molecular complexity index is 686. The molecule has 0 spiro atoms. The lowest BCUT2D eigenvalue weighted by Gasteiger charge is -2.09. The van der Waals surface area contributed by atoms with Crippen LogP contribution >= 0.6 is 0 Å². The Kier molecular flexibility index (Phi) is 6.35. The third-order valence-electron chi connectivity index (χ3n) is 3.24. The Morgan fingerprint density at radius 1 is 1.12 bits per heavy atom. The minimum Gasteiger partial charge on any atom is -0.439 e. The molecule has 0 atom stereocenters. The predicted octanol–water partition coefficient (Wildman–Crippen LogP) is 3.23. The van der Waals surface area contributed by atoms with Crippen LogP contribution in [-0.2, 0) is 6.18 Å². The summed E-state index contributed by atoms with van der Waals surface area (Å²) in [7, 11) is 0. The summed E-state index contributed by atoms with van der Waals surface area (Å²) in [4.78, 5) is 15.5. The highest BCUT2D eigenvalue weighted by Crippen LogP contribution is 2.30. The van der Waals surface area contributed by atoms with E-state index >= 15 is 0 Å². The summed E-state index contributed by atoms with van der Waals surface area (Å²) >= 11 is 0. The number of pyridine rings is 1. The molecule has 0 aliphatic heterocycles. The lowest BCUT2D eigenvalue weighted by molar-refractivity contribution is -0.137. The van der Waals surface area contributed by atoms with Gasteiger partial charge in [0.15, 0.2) is 0 Å². The molecule has 2 rings (SSSR count). The Morgan fingerprint density at radius 3 is 2.40 bits per heavy atom. The summed E-state index contributed by atoms with van der Waals surface area (Å²) < 4.78 is 42.8. The van der Waals surface area contributed by atoms with Crippen molar-refractivity contribution in [3.8, 4) is 11.6 Å². The van der Waals surface area contributed by atoms with E-state index < -0.39 is 11.7 Å². The second kappa shape index (κ2) is 8.48. The molecule has 1 aromatic heterocycles. The van der Waals surface area contributed by atoms with Gasteiger partial charge in [0.1, 0.15) is 5.75 Å². The minimum atomic E-state index is -4.44. The molecule has 0 bridgehead atoms. The van der Waals surface area contributed by atoms with Gasteiger partial charge in [-0.15, -0.1) is 0 Å². The number of aromatic nitrogens is 1. The van der Waals surface area contributed by atoms with Crippen LogP contribution in [-0.4, -0.2) is 30.5 Å². The number of halogens is 3. The van der Waals surface area contributed by atoms with Crippen LogP contribution in [0.1, 0.15) is 22.8 Å². The van der Waals surface area contributed by atoms with E-state index in [0.29, 0.717) is 30.6 Å². The van der Waals surface area contributed by atoms with Crippen LogP contribution in [0.2, 0.25) is 0 Å². The number of carbonyl (C=O) groups is 1. The van der Waals surface area contributed by atoms with Crippen molar-refractivity contribution in [3.05, 3.63) is 53.7 Å². The van der Waals surface area contributed by atoms with Crippen molar-refractivity contribution < 1.29 is 22.7 Å². The van der Waals surface area contributed by atoms with Gasteiger partial charge in [-0.3, -0.25) is 4.79 Å². The molecule has 5 nitrogen and oxygen atoms in total. The standard InChI is InChI=1S/C17H18F3N3O2/c1-2-21-9-10-22-16(24)12-3-6-14(7-4-12)25-15-8-5-13(11-23-15)17(18,19)20/h3-8,11,21H,2,9-10H2,1H3,(H,22,24). The molecule has 0 aliphatic carbocycles. The fourth-order valence-corrected chi connectivity index (χ4v) is 1.95. The minimum absolute atomic E-state index is 0.0378. The first kappa shape index (κ1) is 18.7. The number of nitrogens with zero attached hydrogens (tertiary/aromatic N) is 1. The molecule has 0 radical (unpaired) electrons. The van der Waals surface area contributed by atoms with Crippen LogP contribution in [0.4, 0.5) is 13.2 Å². The van der Waals surface area contributed by atoms with Crippen LogP contribution in [0.3, 0.4) is 0 Å². The van der Waals surface area contributed by atoms with E-state index in [-0.39, 0.29) is 11.8 Å². The molecule has 2 aromatic rings. The van der Waals surface area contributed by atoms with Gasteiger partial charge < -0.3 is 15.4 Å². The number of hydrogen-bond acceptors (Lipinski definition) is 4. The van der Waals surface area contributed by atoms with Crippen LogP contribution in [0.5, 0.6) is 11.6 Å². The summed E-state index contributed by atoms with van der Waals surface area (Å²) in [5, 5.41) is 5.85. The lowest BCUT2D eigenvalue weighted by Crippen LogP contribution is -2.31. The van der Waals surface area contributed by atoms with Gasteiger partial charge in [-0.2, -0.15) is 13.2 Å². The van der Waals surface area contributed by atoms with E-state index in [9.17, 15) is 18.0 Å². The van der Waals surface area contributed by atoms with Gasteiger partial charge in [0, 0.05) is 30.9 Å². The second-order valence-corrected chi connectivity index (χ2v) is 5.12. The van der Waals surface area contributed by atoms with E-state index in [1.165, 1.54) is 0 Å². The molecule has 0 fully saturated rings. The van der Waals surface area contributed by atoms with Crippen LogP contribution < -0.4 is 15.4 Å². The van der Waals surface area contributed by atoms with E-state index in [1.54, 1.807) is 24.3 Å². The zero-order valence-electron chi connectivity index (χ0n) is 13.6. The van der Waals surface area contributed by atoms with Crippen molar-refractivity contribution in [2.45, 2.75) is 13.1 Å². The Hall–Kier alpha value is -2.61. The van der Waals surface area contributed by atoms with E-state index in [2.05, 4.69) is 15.6 Å². The van der Waals surface area contributed by atoms with Gasteiger partial charge in [0.2, 0.25) is 5.88 Å². The number of likely N-dealkylation sites (N-methyl/N-ethyl adjacent to an activating group) is 1. The van der Waals surface area contributed by atoms with Crippen LogP contribution in [0, 0.1) is 0 Å². The average molecular weight is 353 g/mol. The van der Waals surface area contributed by atoms with Gasteiger partial charge in [-0.1, -0.05) is 6.92 Å². The summed E-state index contributed by atoms with van der Waals surface area (Å²) in [5.74, 6) is 0.199. The molecule has 1 aromatic carbocycles. The number of rotatable bonds is 7. The normalized spacial score (nSPS) is 11.2. The molecule has 0 saturated carbocycles. The fourth-order valence-electron chi connectivity index (χ4n) is 1.95. The third-order valence-corrected chi connectivity index (χ3v) is 3.24. The smallest absolute Gasteiger partial charge is 0.417 e. The first-order valence-electron chi connectivity index (χ1n) is 7.70. The summed E-state index contributed by atoms with van der Waals surface area (Å²) in [6.45, 7) is 4.01. The maximum atomic E-state index is 12.5. The molecular formula is C17H18F3N3O2. The topological polar surface area (TPSA) is 63.2 Å². The van der Waals surface area contributed by atoms with Crippen molar-refractivity contribution in [2.75, 3.05) is 19.6 Å². The summed E-state index contributed by atoms with van der Waals surface area (Å²) in [6, 6.07) is 8.29. The number of hydrogen-bond donors (Lipinski definition) is 2. The van der Waals surface area contributed by atoms with Gasteiger partial charge in [0.05, 0.1) is 5.56 Å². The Morgan fingerprint density at radius 2 is 1.84 bits per heavy atom. The van der Waals surface area contributed by atoms with Crippen LogP contribution in [0.25, 0.3) is 0 Å². The highest BCUT2D eigenvalue weighted by Gasteiger charge is 2.30. The second-order valence-electron chi connectivity index (χ2n) is 5.12. The van der Waals surface area contributed by atoms with Gasteiger partial charge in [0.25, 0.3) is 5.91 Å². The number of amides is 1. The molecule has 8 heteroatoms. The van der Waals surface area contributed by atoms with E-state index in [0.717, 1.165) is 18.7 Å². The zero-order chi connectivity index (χ0) is 18.3. The first-order valence-corrected chi connectivity index (χ1v) is 7.70. The van der Waals surface area contributed by atoms with E-state index in [4.69, 9.17) is 4.74 Å². The Balaban J connectivity index is 1.92. The fraction of sp³-hybridized carbons (Fsp3) is 0.294. The van der Waals surface area contributed by atoms with Crippen molar-refractivity contribution in [2.24, 2.45) is 0 Å². The SMILES string of the molecule is CCNCCNC(=O)c1ccc(Oc2ccc(C(F)(F)F)cn2)cc1. The molecule has 0 unspecified atom stereocenters. The predicted molar refractivity (Wildman–Crippen MR) is 86.6 cm³/mol. The van der Waals surface area contributed by atoms with Gasteiger partial charge in [-0.05, 0) is 36.9 Å². The monoisotopic (exact) mass is 353 g/mol. The van der Waals surface area contributed by atoms with Crippen LogP contribution in [0.15, 0.2) is 42.6 Å². The molecule has 1 amide bonds. The average Bonchev–Trinajstić information content (AvgIpc) is 2.59. The largest absolute Gasteiger partial charge is 0.439 e. The van der Waals surface area contributed by atoms with Gasteiger partial charge in [-0.25, -0.2) is 4.98 Å². The zero-order valence-corrected chi connectivity index (χ0v) is 13.6. The molecule has 25 heavy (non-hydrogen) atoms. The molecular weight excluding hydrogens is 335 g/mol. The number of alkyl halides is 3. The maximum Gasteiger partial charge on any atom is 0.417 e.